The largest absolute Gasteiger partial charge is 0.309 e. The van der Waals surface area contributed by atoms with E-state index in [0.717, 1.165) is 17.1 Å². The zero-order valence-corrected chi connectivity index (χ0v) is 15.4. The van der Waals surface area contributed by atoms with Crippen LogP contribution in [0, 0.1) is 5.82 Å². The first-order chi connectivity index (χ1) is 10.1. The van der Waals surface area contributed by atoms with E-state index in [0.29, 0.717) is 10.0 Å². The van der Waals surface area contributed by atoms with Crippen LogP contribution < -0.4 is 5.32 Å². The lowest BCUT2D eigenvalue weighted by molar-refractivity contribution is 0.579. The molecule has 1 atom stereocenters. The van der Waals surface area contributed by atoms with E-state index in [1.54, 1.807) is 23.5 Å². The second kappa shape index (κ2) is 6.59. The number of rotatable bonds is 3. The predicted molar refractivity (Wildman–Crippen MR) is 94.2 cm³/mol. The van der Waals surface area contributed by atoms with Crippen molar-refractivity contribution in [3.05, 3.63) is 54.4 Å². The van der Waals surface area contributed by atoms with Crippen molar-refractivity contribution in [2.75, 3.05) is 12.8 Å². The van der Waals surface area contributed by atoms with E-state index in [9.17, 15) is 4.39 Å². The van der Waals surface area contributed by atoms with Gasteiger partial charge in [-0.25, -0.2) is 4.39 Å². The van der Waals surface area contributed by atoms with Crippen LogP contribution in [0.3, 0.4) is 0 Å². The third kappa shape index (κ3) is 3.04. The molecule has 2 aromatic rings. The summed E-state index contributed by atoms with van der Waals surface area (Å²) < 4.78 is 15.1. The van der Waals surface area contributed by atoms with Gasteiger partial charge in [0, 0.05) is 25.5 Å². The summed E-state index contributed by atoms with van der Waals surface area (Å²) in [7, 11) is 1.85. The van der Waals surface area contributed by atoms with Crippen molar-refractivity contribution < 1.29 is 4.39 Å². The summed E-state index contributed by atoms with van der Waals surface area (Å²) in [4.78, 5) is 2.59. The molecule has 21 heavy (non-hydrogen) atoms. The van der Waals surface area contributed by atoms with E-state index in [2.05, 4.69) is 27.3 Å². The molecule has 2 heterocycles. The van der Waals surface area contributed by atoms with Gasteiger partial charge in [-0.2, -0.15) is 11.8 Å². The molecule has 0 bridgehead atoms. The van der Waals surface area contributed by atoms with Crippen LogP contribution in [0.4, 0.5) is 4.39 Å². The molecular weight excluding hydrogens is 393 g/mol. The maximum Gasteiger partial charge on any atom is 0.148 e. The molecular formula is C15H14BrClFNS2. The highest BCUT2D eigenvalue weighted by Gasteiger charge is 2.23. The molecule has 0 fully saturated rings. The van der Waals surface area contributed by atoms with Crippen LogP contribution in [-0.2, 0) is 12.2 Å². The molecule has 0 aliphatic carbocycles. The molecule has 3 rings (SSSR count). The molecule has 1 aliphatic heterocycles. The summed E-state index contributed by atoms with van der Waals surface area (Å²) in [5.41, 5.74) is 1.99. The minimum absolute atomic E-state index is 0.143. The Labute approximate surface area is 145 Å². The van der Waals surface area contributed by atoms with Crippen LogP contribution in [0.25, 0.3) is 0 Å². The average Bonchev–Trinajstić information content (AvgIpc) is 2.91. The Kier molecular flexibility index (Phi) is 4.96. The quantitative estimate of drug-likeness (QED) is 0.685. The molecule has 112 valence electrons. The van der Waals surface area contributed by atoms with Crippen molar-refractivity contribution in [3.8, 4) is 0 Å². The predicted octanol–water partition coefficient (Wildman–Crippen LogP) is 5.40. The van der Waals surface area contributed by atoms with Crippen LogP contribution in [0.1, 0.15) is 26.9 Å². The smallest absolute Gasteiger partial charge is 0.148 e. The average molecular weight is 407 g/mol. The van der Waals surface area contributed by atoms with Crippen molar-refractivity contribution in [2.24, 2.45) is 0 Å². The van der Waals surface area contributed by atoms with Crippen molar-refractivity contribution in [1.29, 1.82) is 0 Å². The van der Waals surface area contributed by atoms with Gasteiger partial charge in [-0.05, 0) is 52.8 Å². The first-order valence-corrected chi connectivity index (χ1v) is 9.76. The minimum atomic E-state index is -0.355. The van der Waals surface area contributed by atoms with Crippen LogP contribution in [0.5, 0.6) is 0 Å². The fourth-order valence-electron chi connectivity index (χ4n) is 2.53. The van der Waals surface area contributed by atoms with Crippen LogP contribution in [-0.4, -0.2) is 12.8 Å². The number of thiophene rings is 1. The number of hydrogen-bond acceptors (Lipinski definition) is 3. The summed E-state index contributed by atoms with van der Waals surface area (Å²) in [6.45, 7) is 0. The topological polar surface area (TPSA) is 12.0 Å². The Hall–Kier alpha value is -0.0700. The maximum atomic E-state index is 14.5. The second-order valence-corrected chi connectivity index (χ2v) is 8.39. The number of hydrogen-bond donors (Lipinski definition) is 1. The molecule has 6 heteroatoms. The summed E-state index contributed by atoms with van der Waals surface area (Å²) in [5, 5.41) is 3.36. The standard InChI is InChI=1S/C15H14BrClFNS2/c1-19-15(9-2-3-10(16)13(17)14(9)18)12-6-8-7-20-5-4-11(8)21-12/h2-3,6,15,19H,4-5,7H2,1H3. The summed E-state index contributed by atoms with van der Waals surface area (Å²) in [5.74, 6) is 1.88. The zero-order valence-electron chi connectivity index (χ0n) is 11.4. The molecule has 0 radical (unpaired) electrons. The number of fused-ring (bicyclic) bond motifs is 1. The Morgan fingerprint density at radius 2 is 2.24 bits per heavy atom. The van der Waals surface area contributed by atoms with Gasteiger partial charge in [0.15, 0.2) is 0 Å². The van der Waals surface area contributed by atoms with Crippen molar-refractivity contribution >= 4 is 50.6 Å². The Morgan fingerprint density at radius 3 is 2.95 bits per heavy atom. The van der Waals surface area contributed by atoms with E-state index in [1.165, 1.54) is 16.2 Å². The highest BCUT2D eigenvalue weighted by Crippen LogP contribution is 2.38. The molecule has 0 saturated carbocycles. The van der Waals surface area contributed by atoms with Gasteiger partial charge < -0.3 is 5.32 Å². The number of aryl methyl sites for hydroxylation is 1. The van der Waals surface area contributed by atoms with E-state index in [1.807, 2.05) is 18.8 Å². The highest BCUT2D eigenvalue weighted by molar-refractivity contribution is 9.10. The lowest BCUT2D eigenvalue weighted by Crippen LogP contribution is -2.18. The number of thioether (sulfide) groups is 1. The first-order valence-electron chi connectivity index (χ1n) is 6.61. The SMILES string of the molecule is CNC(c1cc2c(s1)CCSC2)c1ccc(Br)c(Cl)c1F. The fourth-order valence-corrected chi connectivity index (χ4v) is 5.51. The minimum Gasteiger partial charge on any atom is -0.309 e. The molecule has 1 aromatic heterocycles. The number of benzene rings is 1. The Balaban J connectivity index is 2.02. The number of nitrogens with one attached hydrogen (secondary N) is 1. The molecule has 1 aromatic carbocycles. The van der Waals surface area contributed by atoms with E-state index in [4.69, 9.17) is 11.6 Å². The van der Waals surface area contributed by atoms with Crippen LogP contribution >= 0.6 is 50.6 Å². The zero-order chi connectivity index (χ0) is 15.0. The third-order valence-electron chi connectivity index (χ3n) is 3.60. The first kappa shape index (κ1) is 15.8. The van der Waals surface area contributed by atoms with Gasteiger partial charge in [-0.1, -0.05) is 17.7 Å². The van der Waals surface area contributed by atoms with Crippen LogP contribution in [0.15, 0.2) is 22.7 Å². The van der Waals surface area contributed by atoms with Crippen molar-refractivity contribution in [3.63, 3.8) is 0 Å². The molecule has 0 saturated heterocycles. The molecule has 0 amide bonds. The van der Waals surface area contributed by atoms with Gasteiger partial charge >= 0.3 is 0 Å². The van der Waals surface area contributed by atoms with Gasteiger partial charge in [0.2, 0.25) is 0 Å². The van der Waals surface area contributed by atoms with Gasteiger partial charge in [-0.3, -0.25) is 0 Å². The maximum absolute atomic E-state index is 14.5. The Morgan fingerprint density at radius 1 is 1.43 bits per heavy atom. The molecule has 1 nitrogen and oxygen atoms in total. The number of halogens is 3. The molecule has 1 unspecified atom stereocenters. The van der Waals surface area contributed by atoms with Gasteiger partial charge in [0.25, 0.3) is 0 Å². The van der Waals surface area contributed by atoms with Gasteiger partial charge in [-0.15, -0.1) is 11.3 Å². The Bertz CT molecular complexity index is 650. The molecule has 1 N–H and O–H groups in total. The van der Waals surface area contributed by atoms with Gasteiger partial charge in [0.1, 0.15) is 5.82 Å². The summed E-state index contributed by atoms with van der Waals surface area (Å²) >= 11 is 13.0. The van der Waals surface area contributed by atoms with E-state index in [-0.39, 0.29) is 16.9 Å². The summed E-state index contributed by atoms with van der Waals surface area (Å²) in [6, 6.07) is 5.65. The second-order valence-electron chi connectivity index (χ2n) is 4.89. The third-order valence-corrected chi connectivity index (χ3v) is 7.16. The lowest BCUT2D eigenvalue weighted by atomic mass is 10.0. The molecule has 0 spiro atoms. The monoisotopic (exact) mass is 405 g/mol. The van der Waals surface area contributed by atoms with Crippen LogP contribution in [0.2, 0.25) is 5.02 Å². The van der Waals surface area contributed by atoms with Gasteiger partial charge in [0.05, 0.1) is 11.1 Å². The lowest BCUT2D eigenvalue weighted by Gasteiger charge is -2.17. The summed E-state index contributed by atoms with van der Waals surface area (Å²) in [6.07, 6.45) is 1.12. The van der Waals surface area contributed by atoms with Crippen molar-refractivity contribution in [1.82, 2.24) is 5.32 Å². The molecule has 1 aliphatic rings. The normalized spacial score (nSPS) is 15.8. The highest BCUT2D eigenvalue weighted by atomic mass is 79.9. The van der Waals surface area contributed by atoms with E-state index >= 15 is 0 Å². The fraction of sp³-hybridized carbons (Fsp3) is 0.333. The van der Waals surface area contributed by atoms with E-state index < -0.39 is 0 Å². The van der Waals surface area contributed by atoms with Crippen molar-refractivity contribution in [2.45, 2.75) is 18.2 Å².